The average molecular weight is 495 g/mol. The standard InChI is InChI=1S/C26H21F4.Rb/c1-16-5-14-22(26(30)24(16)28)20-12-10-19(11-13-20)18-8-6-17(7-9-18)15-21-3-2-4-23(27)25(21)29;/h2-3,5-9,12,14,19H,10-11,13,15H2,1H3;/q-1;+1. The van der Waals surface area contributed by atoms with Crippen LogP contribution in [-0.2, 0) is 6.42 Å². The molecule has 1 atom stereocenters. The van der Waals surface area contributed by atoms with Gasteiger partial charge in [0.1, 0.15) is 0 Å². The van der Waals surface area contributed by atoms with Crippen molar-refractivity contribution < 1.29 is 75.7 Å². The SMILES string of the molecule is Cc1ccc(C2=CCC(c3ccc(Cc4cc[c-]c(F)c4F)cc3)CC2)c(F)c1F.[Rb+]. The van der Waals surface area contributed by atoms with E-state index >= 15 is 0 Å². The third kappa shape index (κ3) is 5.47. The molecule has 0 N–H and O–H groups in total. The van der Waals surface area contributed by atoms with Crippen molar-refractivity contribution in [1.29, 1.82) is 0 Å². The van der Waals surface area contributed by atoms with E-state index in [0.29, 0.717) is 35.4 Å². The largest absolute Gasteiger partial charge is 1.00 e. The van der Waals surface area contributed by atoms with Gasteiger partial charge in [-0.1, -0.05) is 42.5 Å². The number of halogens is 4. The van der Waals surface area contributed by atoms with Crippen LogP contribution in [0.15, 0.2) is 54.6 Å². The first-order valence-corrected chi connectivity index (χ1v) is 10.0. The summed E-state index contributed by atoms with van der Waals surface area (Å²) in [7, 11) is 0. The van der Waals surface area contributed by atoms with Crippen LogP contribution in [0.2, 0.25) is 0 Å². The number of benzene rings is 3. The van der Waals surface area contributed by atoms with Crippen LogP contribution in [0.5, 0.6) is 0 Å². The molecule has 0 radical (unpaired) electrons. The second-order valence-electron chi connectivity index (χ2n) is 7.81. The molecular weight excluding hydrogens is 474 g/mol. The molecule has 154 valence electrons. The Labute approximate surface area is 229 Å². The summed E-state index contributed by atoms with van der Waals surface area (Å²) >= 11 is 0. The maximum absolute atomic E-state index is 14.3. The van der Waals surface area contributed by atoms with E-state index in [-0.39, 0.29) is 58.2 Å². The van der Waals surface area contributed by atoms with Gasteiger partial charge in [-0.15, -0.1) is 11.6 Å². The Morgan fingerprint density at radius 2 is 1.65 bits per heavy atom. The number of hydrogen-bond acceptors (Lipinski definition) is 0. The first kappa shape index (κ1) is 24.6. The van der Waals surface area contributed by atoms with E-state index in [1.165, 1.54) is 12.1 Å². The van der Waals surface area contributed by atoms with E-state index in [2.05, 4.69) is 6.07 Å². The summed E-state index contributed by atoms with van der Waals surface area (Å²) in [6, 6.07) is 16.3. The van der Waals surface area contributed by atoms with Gasteiger partial charge in [0.15, 0.2) is 11.6 Å². The average Bonchev–Trinajstić information content (AvgIpc) is 2.76. The summed E-state index contributed by atoms with van der Waals surface area (Å²) in [6.07, 6.45) is 4.57. The molecule has 0 heterocycles. The maximum Gasteiger partial charge on any atom is 1.00 e. The molecule has 0 fully saturated rings. The van der Waals surface area contributed by atoms with Crippen LogP contribution >= 0.6 is 0 Å². The maximum atomic E-state index is 14.3. The summed E-state index contributed by atoms with van der Waals surface area (Å²) < 4.78 is 55.3. The van der Waals surface area contributed by atoms with E-state index in [1.807, 2.05) is 30.3 Å². The van der Waals surface area contributed by atoms with E-state index in [0.717, 1.165) is 29.5 Å². The molecule has 3 aromatic rings. The fourth-order valence-corrected chi connectivity index (χ4v) is 4.03. The van der Waals surface area contributed by atoms with Crippen LogP contribution in [0.3, 0.4) is 0 Å². The van der Waals surface area contributed by atoms with Crippen molar-refractivity contribution >= 4 is 5.57 Å². The monoisotopic (exact) mass is 494 g/mol. The van der Waals surface area contributed by atoms with E-state index < -0.39 is 23.3 Å². The summed E-state index contributed by atoms with van der Waals surface area (Å²) in [4.78, 5) is 0. The second-order valence-corrected chi connectivity index (χ2v) is 7.81. The minimum atomic E-state index is -0.959. The third-order valence-corrected chi connectivity index (χ3v) is 5.85. The van der Waals surface area contributed by atoms with Crippen LogP contribution in [0.4, 0.5) is 17.6 Å². The van der Waals surface area contributed by atoms with Crippen molar-refractivity contribution in [3.05, 3.63) is 112 Å². The summed E-state index contributed by atoms with van der Waals surface area (Å²) in [5.74, 6) is -3.07. The minimum absolute atomic E-state index is 0. The van der Waals surface area contributed by atoms with Gasteiger partial charge >= 0.3 is 58.2 Å². The molecule has 0 saturated heterocycles. The molecule has 1 aliphatic rings. The Kier molecular flexibility index (Phi) is 8.47. The van der Waals surface area contributed by atoms with Gasteiger partial charge < -0.3 is 0 Å². The van der Waals surface area contributed by atoms with Crippen LogP contribution < -0.4 is 58.2 Å². The Hall–Kier alpha value is -1.07. The fraction of sp³-hybridized carbons (Fsp3) is 0.231. The molecule has 31 heavy (non-hydrogen) atoms. The van der Waals surface area contributed by atoms with Gasteiger partial charge in [0, 0.05) is 17.2 Å². The normalized spacial score (nSPS) is 15.9. The zero-order valence-electron chi connectivity index (χ0n) is 17.6. The van der Waals surface area contributed by atoms with E-state index in [4.69, 9.17) is 0 Å². The Morgan fingerprint density at radius 1 is 0.903 bits per heavy atom. The summed E-state index contributed by atoms with van der Waals surface area (Å²) in [6.45, 7) is 1.55. The van der Waals surface area contributed by atoms with Crippen LogP contribution in [0, 0.1) is 36.3 Å². The summed E-state index contributed by atoms with van der Waals surface area (Å²) in [5.41, 5.74) is 3.85. The first-order valence-electron chi connectivity index (χ1n) is 10.0. The number of hydrogen-bond donors (Lipinski definition) is 0. The first-order chi connectivity index (χ1) is 14.4. The van der Waals surface area contributed by atoms with Crippen molar-refractivity contribution in [2.24, 2.45) is 0 Å². The van der Waals surface area contributed by atoms with E-state index in [1.54, 1.807) is 19.1 Å². The molecule has 0 nitrogen and oxygen atoms in total. The predicted molar refractivity (Wildman–Crippen MR) is 110 cm³/mol. The van der Waals surface area contributed by atoms with Gasteiger partial charge in [0.25, 0.3) is 0 Å². The fourth-order valence-electron chi connectivity index (χ4n) is 4.03. The van der Waals surface area contributed by atoms with Gasteiger partial charge in [0.2, 0.25) is 0 Å². The zero-order chi connectivity index (χ0) is 21.3. The molecule has 4 rings (SSSR count). The van der Waals surface area contributed by atoms with Gasteiger partial charge in [-0.05, 0) is 60.8 Å². The number of rotatable bonds is 4. The third-order valence-electron chi connectivity index (χ3n) is 5.85. The summed E-state index contributed by atoms with van der Waals surface area (Å²) in [5, 5.41) is 0. The topological polar surface area (TPSA) is 0 Å². The Morgan fingerprint density at radius 3 is 2.32 bits per heavy atom. The Bertz CT molecular complexity index is 1100. The quantitative estimate of drug-likeness (QED) is 0.375. The zero-order valence-corrected chi connectivity index (χ0v) is 22.5. The minimum Gasteiger partial charge on any atom is -0.281 e. The van der Waals surface area contributed by atoms with Crippen molar-refractivity contribution in [3.8, 4) is 0 Å². The van der Waals surface area contributed by atoms with Gasteiger partial charge in [-0.3, -0.25) is 4.39 Å². The molecular formula is C26H21F4Rb. The van der Waals surface area contributed by atoms with Crippen LogP contribution in [0.25, 0.3) is 5.57 Å². The number of aryl methyl sites for hydroxylation is 1. The molecule has 1 aliphatic carbocycles. The molecule has 0 saturated carbocycles. The van der Waals surface area contributed by atoms with Gasteiger partial charge in [-0.2, -0.15) is 12.1 Å². The Balaban J connectivity index is 0.00000272. The van der Waals surface area contributed by atoms with Crippen LogP contribution in [0.1, 0.15) is 53.0 Å². The van der Waals surface area contributed by atoms with Gasteiger partial charge in [0.05, 0.1) is 0 Å². The second kappa shape index (κ2) is 10.7. The molecule has 0 aliphatic heterocycles. The molecule has 0 bridgehead atoms. The smallest absolute Gasteiger partial charge is 0.281 e. The molecule has 0 amide bonds. The van der Waals surface area contributed by atoms with Crippen molar-refractivity contribution in [2.75, 3.05) is 0 Å². The van der Waals surface area contributed by atoms with Crippen molar-refractivity contribution in [1.82, 2.24) is 0 Å². The molecule has 0 aromatic heterocycles. The molecule has 0 spiro atoms. The van der Waals surface area contributed by atoms with E-state index in [9.17, 15) is 17.6 Å². The molecule has 5 heteroatoms. The molecule has 3 aromatic carbocycles. The van der Waals surface area contributed by atoms with Crippen molar-refractivity contribution in [2.45, 2.75) is 38.5 Å². The predicted octanol–water partition coefficient (Wildman–Crippen LogP) is 4.30. The molecule has 1 unspecified atom stereocenters. The van der Waals surface area contributed by atoms with Crippen molar-refractivity contribution in [3.63, 3.8) is 0 Å². The van der Waals surface area contributed by atoms with Crippen LogP contribution in [-0.4, -0.2) is 0 Å². The van der Waals surface area contributed by atoms with Gasteiger partial charge in [-0.25, -0.2) is 13.2 Å². The number of allylic oxidation sites excluding steroid dienone is 2.